The van der Waals surface area contributed by atoms with Crippen molar-refractivity contribution in [3.8, 4) is 0 Å². The van der Waals surface area contributed by atoms with Crippen molar-refractivity contribution < 1.29 is 9.59 Å². The second-order valence-corrected chi connectivity index (χ2v) is 8.74. The van der Waals surface area contributed by atoms with Crippen LogP contribution in [0.4, 0.5) is 5.69 Å². The average molecular weight is 415 g/mol. The molecule has 5 heteroatoms. The van der Waals surface area contributed by atoms with Gasteiger partial charge in [-0.1, -0.05) is 28.1 Å². The second-order valence-electron chi connectivity index (χ2n) is 7.82. The van der Waals surface area contributed by atoms with Crippen LogP contribution in [-0.4, -0.2) is 17.4 Å². The summed E-state index contributed by atoms with van der Waals surface area (Å²) in [5, 5.41) is 5.92. The fourth-order valence-corrected chi connectivity index (χ4v) is 3.17. The number of hydrogen-bond acceptors (Lipinski definition) is 2. The highest BCUT2D eigenvalue weighted by molar-refractivity contribution is 9.10. The van der Waals surface area contributed by atoms with E-state index in [1.807, 2.05) is 45.0 Å². The van der Waals surface area contributed by atoms with Crippen molar-refractivity contribution in [3.05, 3.63) is 64.1 Å². The van der Waals surface area contributed by atoms with Crippen LogP contribution in [0, 0.1) is 0 Å². The number of amides is 2. The second kappa shape index (κ2) is 6.88. The van der Waals surface area contributed by atoms with Crippen LogP contribution in [0.5, 0.6) is 0 Å². The molecule has 0 aliphatic heterocycles. The highest BCUT2D eigenvalue weighted by Crippen LogP contribution is 2.49. The molecule has 2 N–H and O–H groups in total. The van der Waals surface area contributed by atoms with Gasteiger partial charge >= 0.3 is 0 Å². The zero-order valence-electron chi connectivity index (χ0n) is 15.2. The maximum absolute atomic E-state index is 12.8. The lowest BCUT2D eigenvalue weighted by Gasteiger charge is -2.20. The molecule has 0 bridgehead atoms. The van der Waals surface area contributed by atoms with Gasteiger partial charge in [-0.05, 0) is 75.6 Å². The Hall–Kier alpha value is -2.14. The van der Waals surface area contributed by atoms with Crippen LogP contribution >= 0.6 is 15.9 Å². The Kier molecular flexibility index (Phi) is 4.93. The van der Waals surface area contributed by atoms with Gasteiger partial charge in [0, 0.05) is 21.3 Å². The number of nitrogens with one attached hydrogen (secondary N) is 2. The smallest absolute Gasteiger partial charge is 0.251 e. The minimum absolute atomic E-state index is 0.00622. The highest BCUT2D eigenvalue weighted by atomic mass is 79.9. The Morgan fingerprint density at radius 2 is 1.54 bits per heavy atom. The number of hydrogen-bond donors (Lipinski definition) is 2. The topological polar surface area (TPSA) is 58.2 Å². The van der Waals surface area contributed by atoms with E-state index in [0.29, 0.717) is 11.3 Å². The minimum Gasteiger partial charge on any atom is -0.347 e. The van der Waals surface area contributed by atoms with Gasteiger partial charge in [0.1, 0.15) is 0 Å². The van der Waals surface area contributed by atoms with Crippen LogP contribution < -0.4 is 10.6 Å². The van der Waals surface area contributed by atoms with Crippen LogP contribution in [0.2, 0.25) is 0 Å². The molecule has 0 atom stereocenters. The number of halogens is 1. The quantitative estimate of drug-likeness (QED) is 0.764. The number of carbonyl (C=O) groups is 2. The van der Waals surface area contributed by atoms with Crippen molar-refractivity contribution in [2.45, 2.75) is 44.6 Å². The molecule has 2 aromatic carbocycles. The van der Waals surface area contributed by atoms with E-state index >= 15 is 0 Å². The lowest BCUT2D eigenvalue weighted by molar-refractivity contribution is -0.118. The van der Waals surface area contributed by atoms with E-state index in [0.717, 1.165) is 22.9 Å². The van der Waals surface area contributed by atoms with Crippen LogP contribution in [0.1, 0.15) is 49.5 Å². The third kappa shape index (κ3) is 4.15. The van der Waals surface area contributed by atoms with Gasteiger partial charge in [-0.25, -0.2) is 0 Å². The fraction of sp³-hybridized carbons (Fsp3) is 0.333. The molecule has 4 nitrogen and oxygen atoms in total. The lowest BCUT2D eigenvalue weighted by Crippen LogP contribution is -2.40. The third-order valence-corrected chi connectivity index (χ3v) is 5.00. The SMILES string of the molecule is CC(C)(C)NC(=O)c1ccc(NC(=O)C2(c3ccc(Br)cc3)CC2)cc1. The summed E-state index contributed by atoms with van der Waals surface area (Å²) in [6, 6.07) is 14.9. The van der Waals surface area contributed by atoms with Crippen LogP contribution in [0.25, 0.3) is 0 Å². The molecule has 0 radical (unpaired) electrons. The summed E-state index contributed by atoms with van der Waals surface area (Å²) in [6.45, 7) is 5.82. The van der Waals surface area contributed by atoms with Crippen molar-refractivity contribution in [1.82, 2.24) is 5.32 Å². The van der Waals surface area contributed by atoms with E-state index < -0.39 is 5.41 Å². The third-order valence-electron chi connectivity index (χ3n) is 4.47. The molecule has 1 aliphatic carbocycles. The normalized spacial score (nSPS) is 15.2. The standard InChI is InChI=1S/C21H23BrN2O2/c1-20(2,3)24-18(25)14-4-10-17(11-5-14)23-19(26)21(12-13-21)15-6-8-16(22)9-7-15/h4-11H,12-13H2,1-3H3,(H,23,26)(H,24,25). The van der Waals surface area contributed by atoms with Crippen LogP contribution in [-0.2, 0) is 10.2 Å². The summed E-state index contributed by atoms with van der Waals surface area (Å²) in [5.74, 6) is -0.115. The molecule has 3 rings (SSSR count). The molecule has 136 valence electrons. The molecular formula is C21H23BrN2O2. The summed E-state index contributed by atoms with van der Waals surface area (Å²) >= 11 is 3.43. The van der Waals surface area contributed by atoms with E-state index in [1.54, 1.807) is 24.3 Å². The molecule has 0 heterocycles. The first-order chi connectivity index (χ1) is 12.2. The minimum atomic E-state index is -0.428. The molecule has 1 aliphatic rings. The Bertz CT molecular complexity index is 817. The zero-order chi connectivity index (χ0) is 18.9. The Labute approximate surface area is 162 Å². The maximum Gasteiger partial charge on any atom is 0.251 e. The maximum atomic E-state index is 12.8. The van der Waals surface area contributed by atoms with Gasteiger partial charge < -0.3 is 10.6 Å². The Morgan fingerprint density at radius 1 is 0.962 bits per heavy atom. The number of rotatable bonds is 4. The van der Waals surface area contributed by atoms with Gasteiger partial charge in [0.05, 0.1) is 5.41 Å². The predicted octanol–water partition coefficient (Wildman–Crippen LogP) is 4.65. The van der Waals surface area contributed by atoms with Crippen LogP contribution in [0.15, 0.2) is 53.0 Å². The van der Waals surface area contributed by atoms with E-state index in [9.17, 15) is 9.59 Å². The fourth-order valence-electron chi connectivity index (χ4n) is 2.91. The van der Waals surface area contributed by atoms with Crippen molar-refractivity contribution in [3.63, 3.8) is 0 Å². The van der Waals surface area contributed by atoms with Crippen molar-refractivity contribution in [2.24, 2.45) is 0 Å². The summed E-state index contributed by atoms with van der Waals surface area (Å²) in [7, 11) is 0. The first-order valence-corrected chi connectivity index (χ1v) is 9.49. The summed E-state index contributed by atoms with van der Waals surface area (Å²) in [4.78, 5) is 25.0. The molecule has 0 saturated heterocycles. The molecule has 2 aromatic rings. The van der Waals surface area contributed by atoms with E-state index in [4.69, 9.17) is 0 Å². The van der Waals surface area contributed by atoms with Gasteiger partial charge in [0.2, 0.25) is 5.91 Å². The number of benzene rings is 2. The van der Waals surface area contributed by atoms with E-state index in [1.165, 1.54) is 0 Å². The molecule has 0 spiro atoms. The number of anilines is 1. The first-order valence-electron chi connectivity index (χ1n) is 8.70. The van der Waals surface area contributed by atoms with Crippen molar-refractivity contribution in [1.29, 1.82) is 0 Å². The van der Waals surface area contributed by atoms with Crippen molar-refractivity contribution in [2.75, 3.05) is 5.32 Å². The number of carbonyl (C=O) groups excluding carboxylic acids is 2. The lowest BCUT2D eigenvalue weighted by atomic mass is 9.95. The monoisotopic (exact) mass is 414 g/mol. The van der Waals surface area contributed by atoms with Gasteiger partial charge in [-0.3, -0.25) is 9.59 Å². The predicted molar refractivity (Wildman–Crippen MR) is 107 cm³/mol. The molecule has 0 unspecified atom stereocenters. The molecule has 2 amide bonds. The largest absolute Gasteiger partial charge is 0.347 e. The Morgan fingerprint density at radius 3 is 2.04 bits per heavy atom. The van der Waals surface area contributed by atoms with E-state index in [2.05, 4.69) is 26.6 Å². The van der Waals surface area contributed by atoms with E-state index in [-0.39, 0.29) is 17.4 Å². The Balaban J connectivity index is 1.68. The molecular weight excluding hydrogens is 392 g/mol. The van der Waals surface area contributed by atoms with Gasteiger partial charge in [-0.2, -0.15) is 0 Å². The van der Waals surface area contributed by atoms with Crippen molar-refractivity contribution >= 4 is 33.4 Å². The molecule has 1 saturated carbocycles. The van der Waals surface area contributed by atoms with Gasteiger partial charge in [0.25, 0.3) is 5.91 Å². The summed E-state index contributed by atoms with van der Waals surface area (Å²) in [5.41, 5.74) is 1.60. The summed E-state index contributed by atoms with van der Waals surface area (Å²) < 4.78 is 1.00. The average Bonchev–Trinajstić information content (AvgIpc) is 3.36. The highest BCUT2D eigenvalue weighted by Gasteiger charge is 2.51. The first kappa shape index (κ1) is 18.6. The van der Waals surface area contributed by atoms with Gasteiger partial charge in [0.15, 0.2) is 0 Å². The van der Waals surface area contributed by atoms with Crippen LogP contribution in [0.3, 0.4) is 0 Å². The summed E-state index contributed by atoms with van der Waals surface area (Å²) in [6.07, 6.45) is 1.71. The molecule has 0 aromatic heterocycles. The zero-order valence-corrected chi connectivity index (χ0v) is 16.8. The van der Waals surface area contributed by atoms with Gasteiger partial charge in [-0.15, -0.1) is 0 Å². The molecule has 1 fully saturated rings. The molecule has 26 heavy (non-hydrogen) atoms.